The average molecular weight is 448 g/mol. The van der Waals surface area contributed by atoms with Crippen LogP contribution in [-0.4, -0.2) is 44.1 Å². The lowest BCUT2D eigenvalue weighted by atomic mass is 10.3. The number of piperazine rings is 1. The molecule has 3 rings (SSSR count). The van der Waals surface area contributed by atoms with Gasteiger partial charge >= 0.3 is 0 Å². The van der Waals surface area contributed by atoms with Crippen LogP contribution in [0.25, 0.3) is 0 Å². The fourth-order valence-corrected chi connectivity index (χ4v) is 3.95. The molecule has 1 aliphatic heterocycles. The predicted octanol–water partition coefficient (Wildman–Crippen LogP) is 3.33. The molecule has 1 aliphatic rings. The zero-order valence-electron chi connectivity index (χ0n) is 12.6. The number of guanidine groups is 1. The first-order chi connectivity index (χ1) is 10.4. The fourth-order valence-electron chi connectivity index (χ4n) is 2.50. The summed E-state index contributed by atoms with van der Waals surface area (Å²) < 4.78 is 0. The summed E-state index contributed by atoms with van der Waals surface area (Å²) in [7, 11) is 1.86. The van der Waals surface area contributed by atoms with E-state index in [1.807, 2.05) is 18.4 Å². The lowest BCUT2D eigenvalue weighted by Crippen LogP contribution is -2.52. The van der Waals surface area contributed by atoms with E-state index in [0.29, 0.717) is 0 Å². The number of aliphatic imine (C=N–C) groups is 1. The topological polar surface area (TPSA) is 30.9 Å². The van der Waals surface area contributed by atoms with E-state index in [9.17, 15) is 0 Å². The number of nitrogens with one attached hydrogen (secondary N) is 1. The molecule has 0 amide bonds. The van der Waals surface area contributed by atoms with E-state index >= 15 is 0 Å². The van der Waals surface area contributed by atoms with E-state index in [0.717, 1.165) is 38.7 Å². The number of rotatable bonds is 3. The summed E-state index contributed by atoms with van der Waals surface area (Å²) in [6.45, 7) is 4.99. The molecule has 0 saturated carbocycles. The molecule has 2 aromatic rings. The van der Waals surface area contributed by atoms with Crippen molar-refractivity contribution in [2.24, 2.45) is 4.99 Å². The normalized spacial score (nSPS) is 15.6. The first-order valence-corrected chi connectivity index (χ1v) is 8.94. The van der Waals surface area contributed by atoms with Crippen LogP contribution in [0.3, 0.4) is 0 Å². The molecule has 0 radical (unpaired) electrons. The van der Waals surface area contributed by atoms with Gasteiger partial charge in [-0.15, -0.1) is 35.3 Å². The van der Waals surface area contributed by atoms with E-state index in [1.165, 1.54) is 10.6 Å². The highest BCUT2D eigenvalue weighted by molar-refractivity contribution is 14.0. The van der Waals surface area contributed by atoms with Crippen molar-refractivity contribution < 1.29 is 0 Å². The number of thiophene rings is 2. The third kappa shape index (κ3) is 4.36. The van der Waals surface area contributed by atoms with E-state index in [2.05, 4.69) is 54.4 Å². The van der Waals surface area contributed by atoms with E-state index in [1.54, 1.807) is 11.3 Å². The molecule has 0 atom stereocenters. The van der Waals surface area contributed by atoms with Gasteiger partial charge in [-0.2, -0.15) is 11.3 Å². The maximum Gasteiger partial charge on any atom is 0.194 e. The van der Waals surface area contributed by atoms with E-state index in [-0.39, 0.29) is 24.0 Å². The van der Waals surface area contributed by atoms with Gasteiger partial charge in [-0.1, -0.05) is 0 Å². The Labute approximate surface area is 156 Å². The summed E-state index contributed by atoms with van der Waals surface area (Å²) in [5, 5.41) is 11.3. The van der Waals surface area contributed by atoms with Gasteiger partial charge in [-0.25, -0.2) is 0 Å². The van der Waals surface area contributed by atoms with Crippen LogP contribution in [0.2, 0.25) is 0 Å². The minimum Gasteiger partial charge on any atom is -0.360 e. The molecule has 1 N–H and O–H groups in total. The number of hydrogen-bond donors (Lipinski definition) is 1. The van der Waals surface area contributed by atoms with Gasteiger partial charge in [0.15, 0.2) is 5.96 Å². The zero-order chi connectivity index (χ0) is 14.5. The number of halogens is 1. The van der Waals surface area contributed by atoms with Gasteiger partial charge < -0.3 is 15.1 Å². The Morgan fingerprint density at radius 1 is 1.23 bits per heavy atom. The Morgan fingerprint density at radius 3 is 2.64 bits per heavy atom. The second kappa shape index (κ2) is 8.73. The largest absolute Gasteiger partial charge is 0.360 e. The molecule has 2 aromatic heterocycles. The van der Waals surface area contributed by atoms with Gasteiger partial charge in [0.2, 0.25) is 0 Å². The van der Waals surface area contributed by atoms with Crippen molar-refractivity contribution in [3.63, 3.8) is 0 Å². The molecule has 0 unspecified atom stereocenters. The van der Waals surface area contributed by atoms with E-state index < -0.39 is 0 Å². The first-order valence-electron chi connectivity index (χ1n) is 7.12. The van der Waals surface area contributed by atoms with Crippen LogP contribution >= 0.6 is 46.7 Å². The molecule has 0 aliphatic carbocycles. The second-order valence-corrected chi connectivity index (χ2v) is 6.66. The van der Waals surface area contributed by atoms with Crippen molar-refractivity contribution in [1.82, 2.24) is 10.2 Å². The number of anilines is 1. The smallest absolute Gasteiger partial charge is 0.194 e. The van der Waals surface area contributed by atoms with Gasteiger partial charge in [0.25, 0.3) is 0 Å². The maximum atomic E-state index is 4.42. The van der Waals surface area contributed by atoms with Gasteiger partial charge in [-0.3, -0.25) is 4.99 Å². The number of hydrogen-bond acceptors (Lipinski definition) is 4. The van der Waals surface area contributed by atoms with Crippen LogP contribution in [0.4, 0.5) is 5.00 Å². The van der Waals surface area contributed by atoms with Gasteiger partial charge in [0.05, 0.1) is 5.00 Å². The molecule has 0 aromatic carbocycles. The lowest BCUT2D eigenvalue weighted by molar-refractivity contribution is 0.373. The van der Waals surface area contributed by atoms with Crippen molar-refractivity contribution in [1.29, 1.82) is 0 Å². The van der Waals surface area contributed by atoms with Crippen molar-refractivity contribution in [3.8, 4) is 0 Å². The Bertz CT molecular complexity index is 560. The van der Waals surface area contributed by atoms with Crippen molar-refractivity contribution in [3.05, 3.63) is 39.9 Å². The highest BCUT2D eigenvalue weighted by Gasteiger charge is 2.20. The van der Waals surface area contributed by atoms with Crippen LogP contribution in [0.15, 0.2) is 39.3 Å². The summed E-state index contributed by atoms with van der Waals surface area (Å²) in [4.78, 5) is 9.21. The highest BCUT2D eigenvalue weighted by Crippen LogP contribution is 2.22. The van der Waals surface area contributed by atoms with Gasteiger partial charge in [-0.05, 0) is 39.9 Å². The predicted molar refractivity (Wildman–Crippen MR) is 108 cm³/mol. The van der Waals surface area contributed by atoms with Crippen LogP contribution in [0, 0.1) is 0 Å². The van der Waals surface area contributed by atoms with Crippen LogP contribution in [0.5, 0.6) is 0 Å². The SMILES string of the molecule is CN=C(NCc1ccsc1)N1CCN(c2cccs2)CC1.I. The fraction of sp³-hybridized carbons (Fsp3) is 0.400. The molecule has 22 heavy (non-hydrogen) atoms. The standard InChI is InChI=1S/C15H20N4S2.HI/c1-16-15(17-11-13-4-10-20-12-13)19-7-5-18(6-8-19)14-3-2-9-21-14;/h2-4,9-10,12H,5-8,11H2,1H3,(H,16,17);1H. The summed E-state index contributed by atoms with van der Waals surface area (Å²) in [5.41, 5.74) is 1.32. The molecule has 0 spiro atoms. The molecule has 1 saturated heterocycles. The molecule has 4 nitrogen and oxygen atoms in total. The van der Waals surface area contributed by atoms with Crippen molar-refractivity contribution >= 4 is 57.6 Å². The molecule has 7 heteroatoms. The third-order valence-electron chi connectivity index (χ3n) is 3.64. The molecule has 3 heterocycles. The quantitative estimate of drug-likeness (QED) is 0.444. The highest BCUT2D eigenvalue weighted by atomic mass is 127. The molecule has 120 valence electrons. The van der Waals surface area contributed by atoms with Crippen LogP contribution in [0.1, 0.15) is 5.56 Å². The Balaban J connectivity index is 0.00000176. The third-order valence-corrected chi connectivity index (χ3v) is 5.30. The lowest BCUT2D eigenvalue weighted by Gasteiger charge is -2.37. The summed E-state index contributed by atoms with van der Waals surface area (Å²) in [6, 6.07) is 6.47. The minimum atomic E-state index is 0. The van der Waals surface area contributed by atoms with Crippen molar-refractivity contribution in [2.45, 2.75) is 6.54 Å². The minimum absolute atomic E-state index is 0. The molecular formula is C15H21IN4S2. The number of nitrogens with zero attached hydrogens (tertiary/aromatic N) is 3. The second-order valence-electron chi connectivity index (χ2n) is 4.96. The average Bonchev–Trinajstić information content (AvgIpc) is 3.22. The maximum absolute atomic E-state index is 4.42. The Morgan fingerprint density at radius 2 is 2.05 bits per heavy atom. The van der Waals surface area contributed by atoms with Crippen LogP contribution in [-0.2, 0) is 6.54 Å². The summed E-state index contributed by atoms with van der Waals surface area (Å²) in [6.07, 6.45) is 0. The Kier molecular flexibility index (Phi) is 6.97. The Hall–Kier alpha value is -0.800. The monoisotopic (exact) mass is 448 g/mol. The van der Waals surface area contributed by atoms with Crippen molar-refractivity contribution in [2.75, 3.05) is 38.1 Å². The summed E-state index contributed by atoms with van der Waals surface area (Å²) in [5.74, 6) is 1.01. The van der Waals surface area contributed by atoms with E-state index in [4.69, 9.17) is 0 Å². The van der Waals surface area contributed by atoms with Crippen LogP contribution < -0.4 is 10.2 Å². The molecule has 1 fully saturated rings. The van der Waals surface area contributed by atoms with Gasteiger partial charge in [0.1, 0.15) is 0 Å². The zero-order valence-corrected chi connectivity index (χ0v) is 16.5. The molecular weight excluding hydrogens is 427 g/mol. The van der Waals surface area contributed by atoms with Gasteiger partial charge in [0, 0.05) is 39.8 Å². The summed E-state index contributed by atoms with van der Waals surface area (Å²) >= 11 is 3.55. The first kappa shape index (κ1) is 17.6. The molecule has 0 bridgehead atoms.